The highest BCUT2D eigenvalue weighted by atomic mass is 16.1. The first kappa shape index (κ1) is 17.7. The second-order valence-electron chi connectivity index (χ2n) is 6.74. The van der Waals surface area contributed by atoms with Gasteiger partial charge in [0.2, 0.25) is 0 Å². The minimum absolute atomic E-state index is 0.183. The van der Waals surface area contributed by atoms with Crippen molar-refractivity contribution in [2.45, 2.75) is 26.9 Å². The van der Waals surface area contributed by atoms with Crippen LogP contribution in [0.3, 0.4) is 0 Å². The molecule has 8 nitrogen and oxygen atoms in total. The van der Waals surface area contributed by atoms with Crippen LogP contribution in [0.25, 0.3) is 5.65 Å². The number of anilines is 1. The Labute approximate surface area is 162 Å². The van der Waals surface area contributed by atoms with E-state index >= 15 is 0 Å². The molecule has 4 heterocycles. The lowest BCUT2D eigenvalue weighted by Crippen LogP contribution is -2.23. The van der Waals surface area contributed by atoms with Gasteiger partial charge in [-0.15, -0.1) is 0 Å². The molecule has 0 atom stereocenters. The largest absolute Gasteiger partial charge is 0.384 e. The maximum absolute atomic E-state index is 12.5. The van der Waals surface area contributed by atoms with Gasteiger partial charge in [0.25, 0.3) is 5.91 Å². The fraction of sp³-hybridized carbons (Fsp3) is 0.200. The number of nitrogen functional groups attached to an aromatic ring is 1. The Morgan fingerprint density at radius 1 is 1.21 bits per heavy atom. The molecule has 0 aromatic carbocycles. The first-order valence-corrected chi connectivity index (χ1v) is 8.95. The highest BCUT2D eigenvalue weighted by Gasteiger charge is 2.12. The number of carbonyl (C=O) groups is 1. The molecule has 0 spiro atoms. The van der Waals surface area contributed by atoms with Crippen molar-refractivity contribution in [2.24, 2.45) is 0 Å². The summed E-state index contributed by atoms with van der Waals surface area (Å²) in [6.07, 6.45) is 7.19. The molecule has 0 fully saturated rings. The molecule has 4 aromatic heterocycles. The van der Waals surface area contributed by atoms with Gasteiger partial charge in [-0.2, -0.15) is 5.10 Å². The first-order valence-electron chi connectivity index (χ1n) is 8.95. The molecule has 142 valence electrons. The molecule has 0 bridgehead atoms. The third kappa shape index (κ3) is 3.57. The average molecular weight is 375 g/mol. The number of fused-ring (bicyclic) bond motifs is 1. The topological polar surface area (TPSA) is 103 Å². The maximum atomic E-state index is 12.5. The van der Waals surface area contributed by atoms with Gasteiger partial charge in [-0.3, -0.25) is 9.48 Å². The van der Waals surface area contributed by atoms with Crippen LogP contribution in [0.15, 0.2) is 49.1 Å². The Bertz CT molecular complexity index is 1100. The number of nitrogens with zero attached hydrogens (tertiary/aromatic N) is 5. The van der Waals surface area contributed by atoms with Gasteiger partial charge in [-0.05, 0) is 43.2 Å². The number of nitrogens with two attached hydrogens (primary N) is 1. The van der Waals surface area contributed by atoms with Crippen molar-refractivity contribution in [3.63, 3.8) is 0 Å². The van der Waals surface area contributed by atoms with Gasteiger partial charge in [-0.1, -0.05) is 6.07 Å². The van der Waals surface area contributed by atoms with E-state index in [1.54, 1.807) is 23.1 Å². The van der Waals surface area contributed by atoms with Crippen molar-refractivity contribution in [1.82, 2.24) is 29.5 Å². The van der Waals surface area contributed by atoms with Gasteiger partial charge in [-0.25, -0.2) is 9.97 Å². The van der Waals surface area contributed by atoms with E-state index in [4.69, 9.17) is 5.73 Å². The van der Waals surface area contributed by atoms with Crippen LogP contribution in [-0.2, 0) is 13.1 Å². The van der Waals surface area contributed by atoms with Crippen LogP contribution in [0.1, 0.15) is 32.9 Å². The summed E-state index contributed by atoms with van der Waals surface area (Å²) in [6.45, 7) is 4.73. The van der Waals surface area contributed by atoms with Crippen molar-refractivity contribution < 1.29 is 4.79 Å². The fourth-order valence-corrected chi connectivity index (χ4v) is 3.22. The van der Waals surface area contributed by atoms with E-state index in [0.29, 0.717) is 24.5 Å². The van der Waals surface area contributed by atoms with Gasteiger partial charge >= 0.3 is 0 Å². The van der Waals surface area contributed by atoms with Gasteiger partial charge in [0.05, 0.1) is 24.0 Å². The Hall–Kier alpha value is -3.68. The van der Waals surface area contributed by atoms with Crippen molar-refractivity contribution >= 4 is 17.4 Å². The van der Waals surface area contributed by atoms with E-state index in [2.05, 4.69) is 20.4 Å². The summed E-state index contributed by atoms with van der Waals surface area (Å²) >= 11 is 0. The number of aryl methyl sites for hydroxylation is 2. The van der Waals surface area contributed by atoms with Crippen LogP contribution in [0.2, 0.25) is 0 Å². The quantitative estimate of drug-likeness (QED) is 0.556. The highest BCUT2D eigenvalue weighted by Crippen LogP contribution is 2.14. The van der Waals surface area contributed by atoms with E-state index < -0.39 is 0 Å². The summed E-state index contributed by atoms with van der Waals surface area (Å²) in [5.41, 5.74) is 10.8. The minimum Gasteiger partial charge on any atom is -0.384 e. The number of pyridine rings is 2. The summed E-state index contributed by atoms with van der Waals surface area (Å²) in [6, 6.07) is 7.65. The van der Waals surface area contributed by atoms with Crippen LogP contribution in [-0.4, -0.2) is 30.1 Å². The maximum Gasteiger partial charge on any atom is 0.254 e. The third-order valence-electron chi connectivity index (χ3n) is 4.63. The highest BCUT2D eigenvalue weighted by molar-refractivity contribution is 5.93. The summed E-state index contributed by atoms with van der Waals surface area (Å²) in [7, 11) is 0. The molecule has 0 aliphatic rings. The molecule has 0 saturated carbocycles. The summed E-state index contributed by atoms with van der Waals surface area (Å²) in [5, 5.41) is 7.20. The van der Waals surface area contributed by atoms with E-state index in [0.717, 1.165) is 28.2 Å². The van der Waals surface area contributed by atoms with Gasteiger partial charge in [0, 0.05) is 30.8 Å². The molecule has 0 radical (unpaired) electrons. The zero-order valence-corrected chi connectivity index (χ0v) is 15.8. The molecule has 8 heteroatoms. The van der Waals surface area contributed by atoms with Gasteiger partial charge in [0.1, 0.15) is 11.5 Å². The van der Waals surface area contributed by atoms with Crippen LogP contribution >= 0.6 is 0 Å². The zero-order valence-electron chi connectivity index (χ0n) is 15.8. The van der Waals surface area contributed by atoms with Crippen molar-refractivity contribution in [1.29, 1.82) is 0 Å². The van der Waals surface area contributed by atoms with Crippen molar-refractivity contribution in [3.8, 4) is 0 Å². The van der Waals surface area contributed by atoms with Gasteiger partial charge in [0.15, 0.2) is 0 Å². The van der Waals surface area contributed by atoms with Crippen LogP contribution in [0, 0.1) is 13.8 Å². The van der Waals surface area contributed by atoms with E-state index in [1.165, 1.54) is 0 Å². The lowest BCUT2D eigenvalue weighted by atomic mass is 10.1. The number of aromatic nitrogens is 5. The second kappa shape index (κ2) is 7.15. The standard InChI is InChI=1S/C20H21N7O/c1-13-7-18(21)24-14(2)17(13)9-22-20(28)15-8-23-27(10-15)12-16-11-26-6-4-3-5-19(26)25-16/h3-8,10-11H,9,12H2,1-2H3,(H2,21,24)(H,22,28). The molecule has 0 aliphatic carbocycles. The molecular formula is C20H21N7O. The van der Waals surface area contributed by atoms with Crippen LogP contribution < -0.4 is 11.1 Å². The van der Waals surface area contributed by atoms with Crippen molar-refractivity contribution in [2.75, 3.05) is 5.73 Å². The molecule has 3 N–H and O–H groups in total. The Kier molecular flexibility index (Phi) is 4.52. The summed E-state index contributed by atoms with van der Waals surface area (Å²) in [5.74, 6) is 0.301. The average Bonchev–Trinajstić information content (AvgIpc) is 3.27. The molecule has 28 heavy (non-hydrogen) atoms. The number of rotatable bonds is 5. The number of imidazole rings is 1. The first-order chi connectivity index (χ1) is 13.5. The number of nitrogens with one attached hydrogen (secondary N) is 1. The number of hydrogen-bond acceptors (Lipinski definition) is 5. The zero-order chi connectivity index (χ0) is 19.7. The lowest BCUT2D eigenvalue weighted by Gasteiger charge is -2.10. The summed E-state index contributed by atoms with van der Waals surface area (Å²) in [4.78, 5) is 21.3. The number of carbonyl (C=O) groups excluding carboxylic acids is 1. The Morgan fingerprint density at radius 2 is 2.07 bits per heavy atom. The predicted molar refractivity (Wildman–Crippen MR) is 106 cm³/mol. The van der Waals surface area contributed by atoms with E-state index in [-0.39, 0.29) is 5.91 Å². The molecule has 4 rings (SSSR count). The molecule has 0 saturated heterocycles. The molecule has 4 aromatic rings. The monoisotopic (exact) mass is 375 g/mol. The SMILES string of the molecule is Cc1cc(N)nc(C)c1CNC(=O)c1cnn(Cc2cn3ccccc3n2)c1. The molecular weight excluding hydrogens is 354 g/mol. The van der Waals surface area contributed by atoms with Crippen molar-refractivity contribution in [3.05, 3.63) is 77.1 Å². The smallest absolute Gasteiger partial charge is 0.254 e. The van der Waals surface area contributed by atoms with E-state index in [9.17, 15) is 4.79 Å². The number of hydrogen-bond donors (Lipinski definition) is 2. The normalized spacial score (nSPS) is 11.1. The second-order valence-corrected chi connectivity index (χ2v) is 6.74. The molecule has 1 amide bonds. The van der Waals surface area contributed by atoms with Gasteiger partial charge < -0.3 is 15.5 Å². The number of amides is 1. The summed E-state index contributed by atoms with van der Waals surface area (Å²) < 4.78 is 3.66. The third-order valence-corrected chi connectivity index (χ3v) is 4.63. The minimum atomic E-state index is -0.183. The molecule has 0 aliphatic heterocycles. The predicted octanol–water partition coefficient (Wildman–Crippen LogP) is 2.10. The van der Waals surface area contributed by atoms with Crippen LogP contribution in [0.4, 0.5) is 5.82 Å². The Balaban J connectivity index is 1.43. The van der Waals surface area contributed by atoms with Crippen LogP contribution in [0.5, 0.6) is 0 Å². The van der Waals surface area contributed by atoms with E-state index in [1.807, 2.05) is 48.8 Å². The lowest BCUT2D eigenvalue weighted by molar-refractivity contribution is 0.0950. The Morgan fingerprint density at radius 3 is 2.86 bits per heavy atom. The molecule has 0 unspecified atom stereocenters. The fourth-order valence-electron chi connectivity index (χ4n) is 3.22.